The molecule has 0 unspecified atom stereocenters. The molecule has 4 N–H and O–H groups in total. The third-order valence-corrected chi connectivity index (χ3v) is 7.73. The predicted octanol–water partition coefficient (Wildman–Crippen LogP) is 1.57. The van der Waals surface area contributed by atoms with Crippen LogP contribution in [0.5, 0.6) is 0 Å². The SMILES string of the molecule is C=C(CO)[C@@H]1CC2=C[C@@H](O)[C@H]3C(C)(C)[C@H](OC(C)=O)C[C@@H](O)[C@]3(C)[C@H]2[C@H](O)C1. The molecule has 0 radical (unpaired) electrons. The van der Waals surface area contributed by atoms with Crippen molar-refractivity contribution in [1.82, 2.24) is 0 Å². The van der Waals surface area contributed by atoms with Gasteiger partial charge in [0.25, 0.3) is 0 Å². The Bertz CT molecular complexity index is 683. The average molecular weight is 395 g/mol. The summed E-state index contributed by atoms with van der Waals surface area (Å²) in [6, 6.07) is 0. The summed E-state index contributed by atoms with van der Waals surface area (Å²) in [4.78, 5) is 11.6. The van der Waals surface area contributed by atoms with E-state index in [0.29, 0.717) is 18.4 Å². The summed E-state index contributed by atoms with van der Waals surface area (Å²) >= 11 is 0. The molecule has 0 spiro atoms. The Morgan fingerprint density at radius 2 is 1.89 bits per heavy atom. The summed E-state index contributed by atoms with van der Waals surface area (Å²) in [7, 11) is 0. The fourth-order valence-electron chi connectivity index (χ4n) is 6.49. The minimum Gasteiger partial charge on any atom is -0.462 e. The average Bonchev–Trinajstić information content (AvgIpc) is 2.57. The number of hydrogen-bond donors (Lipinski definition) is 4. The third kappa shape index (κ3) is 3.15. The molecule has 0 amide bonds. The minimum atomic E-state index is -0.828. The quantitative estimate of drug-likeness (QED) is 0.428. The predicted molar refractivity (Wildman–Crippen MR) is 104 cm³/mol. The summed E-state index contributed by atoms with van der Waals surface area (Å²) in [5.41, 5.74) is 0.269. The van der Waals surface area contributed by atoms with Crippen LogP contribution in [0.2, 0.25) is 0 Å². The molecule has 158 valence electrons. The van der Waals surface area contributed by atoms with Crippen molar-refractivity contribution in [1.29, 1.82) is 0 Å². The van der Waals surface area contributed by atoms with Crippen LogP contribution < -0.4 is 0 Å². The van der Waals surface area contributed by atoms with Gasteiger partial charge in [-0.2, -0.15) is 0 Å². The van der Waals surface area contributed by atoms with Gasteiger partial charge in [-0.25, -0.2) is 0 Å². The second-order valence-electron chi connectivity index (χ2n) is 9.74. The Balaban J connectivity index is 2.04. The molecule has 0 bridgehead atoms. The van der Waals surface area contributed by atoms with Crippen molar-refractivity contribution in [3.63, 3.8) is 0 Å². The van der Waals surface area contributed by atoms with Crippen molar-refractivity contribution in [2.75, 3.05) is 6.61 Å². The van der Waals surface area contributed by atoms with Crippen LogP contribution in [-0.4, -0.2) is 57.4 Å². The molecule has 0 aliphatic heterocycles. The smallest absolute Gasteiger partial charge is 0.302 e. The molecule has 0 aromatic carbocycles. The van der Waals surface area contributed by atoms with Gasteiger partial charge in [-0.15, -0.1) is 0 Å². The number of esters is 1. The zero-order valence-electron chi connectivity index (χ0n) is 17.3. The molecule has 8 atom stereocenters. The number of aliphatic hydroxyl groups is 4. The highest BCUT2D eigenvalue weighted by Crippen LogP contribution is 2.63. The monoisotopic (exact) mass is 394 g/mol. The lowest BCUT2D eigenvalue weighted by Gasteiger charge is -2.63. The first-order valence-corrected chi connectivity index (χ1v) is 10.1. The number of ether oxygens (including phenoxy) is 1. The van der Waals surface area contributed by atoms with Crippen LogP contribution in [0.1, 0.15) is 47.0 Å². The fraction of sp³-hybridized carbons (Fsp3) is 0.773. The summed E-state index contributed by atoms with van der Waals surface area (Å²) in [6.07, 6.45) is 0.297. The summed E-state index contributed by atoms with van der Waals surface area (Å²) in [5.74, 6) is -1.12. The first kappa shape index (κ1) is 21.5. The zero-order chi connectivity index (χ0) is 21.0. The van der Waals surface area contributed by atoms with Crippen molar-refractivity contribution in [3.8, 4) is 0 Å². The molecule has 2 saturated carbocycles. The van der Waals surface area contributed by atoms with Gasteiger partial charge in [0, 0.05) is 36.0 Å². The second-order valence-corrected chi connectivity index (χ2v) is 9.74. The number of aliphatic hydroxyl groups excluding tert-OH is 4. The zero-order valence-corrected chi connectivity index (χ0v) is 17.3. The Hall–Kier alpha value is -1.21. The largest absolute Gasteiger partial charge is 0.462 e. The van der Waals surface area contributed by atoms with E-state index in [-0.39, 0.29) is 30.8 Å². The van der Waals surface area contributed by atoms with E-state index in [1.54, 1.807) is 0 Å². The highest BCUT2D eigenvalue weighted by Gasteiger charge is 2.65. The Morgan fingerprint density at radius 1 is 1.25 bits per heavy atom. The molecule has 3 aliphatic carbocycles. The van der Waals surface area contributed by atoms with E-state index in [0.717, 1.165) is 5.57 Å². The van der Waals surface area contributed by atoms with Crippen LogP contribution in [0.15, 0.2) is 23.8 Å². The normalized spacial score (nSPS) is 44.7. The van der Waals surface area contributed by atoms with Crippen molar-refractivity contribution in [2.45, 2.75) is 71.4 Å². The van der Waals surface area contributed by atoms with Gasteiger partial charge in [-0.05, 0) is 24.3 Å². The standard InChI is InChI=1S/C22H34O6/c1-11(10-23)13-6-14-8-16(26)20-21(3,4)18(28-12(2)24)9-17(27)22(20,5)19(14)15(25)7-13/h8,13,15-20,23,25-27H,1,6-7,9-10H2,2-5H3/t13-,15-,16-,17-,18-,19-,20+,22-/m1/s1. The molecular weight excluding hydrogens is 360 g/mol. The maximum Gasteiger partial charge on any atom is 0.302 e. The first-order chi connectivity index (χ1) is 12.9. The van der Waals surface area contributed by atoms with Crippen molar-refractivity contribution in [3.05, 3.63) is 23.8 Å². The summed E-state index contributed by atoms with van der Waals surface area (Å²) in [5, 5.41) is 42.8. The number of carbonyl (C=O) groups is 1. The van der Waals surface area contributed by atoms with Crippen LogP contribution in [0.25, 0.3) is 0 Å². The van der Waals surface area contributed by atoms with Crippen molar-refractivity contribution >= 4 is 5.97 Å². The highest BCUT2D eigenvalue weighted by atomic mass is 16.5. The summed E-state index contributed by atoms with van der Waals surface area (Å²) < 4.78 is 5.51. The lowest BCUT2D eigenvalue weighted by Crippen LogP contribution is -2.67. The van der Waals surface area contributed by atoms with Gasteiger partial charge in [0.2, 0.25) is 0 Å². The molecule has 6 heteroatoms. The molecule has 28 heavy (non-hydrogen) atoms. The van der Waals surface area contributed by atoms with Crippen LogP contribution >= 0.6 is 0 Å². The van der Waals surface area contributed by atoms with Gasteiger partial charge in [0.15, 0.2) is 0 Å². The topological polar surface area (TPSA) is 107 Å². The number of hydrogen-bond acceptors (Lipinski definition) is 6. The molecule has 6 nitrogen and oxygen atoms in total. The van der Waals surface area contributed by atoms with Gasteiger partial charge in [-0.1, -0.05) is 39.0 Å². The molecule has 0 aromatic heterocycles. The fourth-order valence-corrected chi connectivity index (χ4v) is 6.49. The summed E-state index contributed by atoms with van der Waals surface area (Å²) in [6.45, 7) is 11.0. The van der Waals surface area contributed by atoms with Gasteiger partial charge in [0.05, 0.1) is 24.9 Å². The van der Waals surface area contributed by atoms with E-state index in [1.807, 2.05) is 26.8 Å². The van der Waals surface area contributed by atoms with Gasteiger partial charge < -0.3 is 25.2 Å². The van der Waals surface area contributed by atoms with E-state index in [9.17, 15) is 25.2 Å². The van der Waals surface area contributed by atoms with E-state index < -0.39 is 41.2 Å². The molecule has 3 aliphatic rings. The van der Waals surface area contributed by atoms with E-state index >= 15 is 0 Å². The lowest BCUT2D eigenvalue weighted by atomic mass is 9.43. The van der Waals surface area contributed by atoms with Crippen molar-refractivity contribution in [2.24, 2.45) is 28.6 Å². The van der Waals surface area contributed by atoms with Gasteiger partial charge >= 0.3 is 5.97 Å². The van der Waals surface area contributed by atoms with E-state index in [2.05, 4.69) is 6.58 Å². The molecule has 2 fully saturated rings. The van der Waals surface area contributed by atoms with E-state index in [1.165, 1.54) is 6.92 Å². The van der Waals surface area contributed by atoms with Gasteiger partial charge in [0.1, 0.15) is 6.10 Å². The van der Waals surface area contributed by atoms with Gasteiger partial charge in [-0.3, -0.25) is 4.79 Å². The first-order valence-electron chi connectivity index (χ1n) is 10.1. The number of fused-ring (bicyclic) bond motifs is 3. The Morgan fingerprint density at radius 3 is 2.46 bits per heavy atom. The van der Waals surface area contributed by atoms with Crippen LogP contribution in [-0.2, 0) is 9.53 Å². The van der Waals surface area contributed by atoms with E-state index in [4.69, 9.17) is 4.74 Å². The van der Waals surface area contributed by atoms with Crippen molar-refractivity contribution < 1.29 is 30.0 Å². The molecule has 0 heterocycles. The third-order valence-electron chi connectivity index (χ3n) is 7.73. The Kier molecular flexibility index (Phi) is 5.56. The molecule has 0 saturated heterocycles. The maximum atomic E-state index is 11.6. The van der Waals surface area contributed by atoms with Crippen LogP contribution in [0.3, 0.4) is 0 Å². The number of carbonyl (C=O) groups excluding carboxylic acids is 1. The lowest BCUT2D eigenvalue weighted by molar-refractivity contribution is -0.227. The molecule has 3 rings (SSSR count). The second kappa shape index (κ2) is 7.24. The van der Waals surface area contributed by atoms with Crippen LogP contribution in [0, 0.1) is 28.6 Å². The highest BCUT2D eigenvalue weighted by molar-refractivity contribution is 5.66. The molecular formula is C22H34O6. The van der Waals surface area contributed by atoms with Crippen LogP contribution in [0.4, 0.5) is 0 Å². The molecule has 0 aromatic rings. The maximum absolute atomic E-state index is 11.6. The number of rotatable bonds is 3. The Labute approximate surface area is 166 Å². The minimum absolute atomic E-state index is 0.0441.